The van der Waals surface area contributed by atoms with Crippen LogP contribution < -0.4 is 15.4 Å². The zero-order chi connectivity index (χ0) is 39.8. The second-order valence-corrected chi connectivity index (χ2v) is 15.6. The third kappa shape index (κ3) is 10.7. The standard InChI is InChI=1S/C47H51N3O7/c1-47(2,3)57-44(52)42-14-9-27-50(42)30-40-28-43(34-17-15-32(31-51)16-18-34)56-45(55-40)35-21-19-33(20-22-35)41-13-8-7-10-36(41)29-48-46(53)49-37-23-25-39(26-24-37)54-38-11-5-4-6-12-38/h4-8,10-13,15-26,40,42-43,45,51H,9,14,27-31H2,1-3H3,(H2,48,49,53)/t40-,42+,43+,45+/m1/s1. The molecule has 0 saturated carbocycles. The fraction of sp³-hybridized carbons (Fsp3) is 0.319. The van der Waals surface area contributed by atoms with Gasteiger partial charge in [-0.1, -0.05) is 91.0 Å². The molecule has 7 rings (SSSR count). The highest BCUT2D eigenvalue weighted by Crippen LogP contribution is 2.39. The maximum Gasteiger partial charge on any atom is 0.323 e. The molecule has 5 aromatic carbocycles. The molecule has 10 heteroatoms. The topological polar surface area (TPSA) is 119 Å². The summed E-state index contributed by atoms with van der Waals surface area (Å²) in [5, 5.41) is 15.5. The Hall–Kier alpha value is -5.52. The molecular weight excluding hydrogens is 719 g/mol. The number of amides is 2. The van der Waals surface area contributed by atoms with Gasteiger partial charge in [-0.15, -0.1) is 0 Å². The maximum absolute atomic E-state index is 13.1. The van der Waals surface area contributed by atoms with E-state index in [9.17, 15) is 14.7 Å². The van der Waals surface area contributed by atoms with Gasteiger partial charge >= 0.3 is 12.0 Å². The third-order valence-corrected chi connectivity index (χ3v) is 10.1. The van der Waals surface area contributed by atoms with Crippen molar-refractivity contribution in [1.82, 2.24) is 10.2 Å². The Morgan fingerprint density at radius 2 is 1.49 bits per heavy atom. The third-order valence-electron chi connectivity index (χ3n) is 10.1. The van der Waals surface area contributed by atoms with Crippen LogP contribution in [0.15, 0.2) is 127 Å². The average Bonchev–Trinajstić information content (AvgIpc) is 3.69. The van der Waals surface area contributed by atoms with Crippen molar-refractivity contribution in [2.24, 2.45) is 0 Å². The van der Waals surface area contributed by atoms with Gasteiger partial charge in [-0.25, -0.2) is 4.79 Å². The molecular formula is C47H51N3O7. The van der Waals surface area contributed by atoms with Gasteiger partial charge in [-0.2, -0.15) is 0 Å². The van der Waals surface area contributed by atoms with Gasteiger partial charge in [0, 0.05) is 30.8 Å². The van der Waals surface area contributed by atoms with E-state index >= 15 is 0 Å². The van der Waals surface area contributed by atoms with Gasteiger partial charge in [0.15, 0.2) is 6.29 Å². The predicted molar refractivity (Wildman–Crippen MR) is 220 cm³/mol. The molecule has 296 valence electrons. The molecule has 4 atom stereocenters. The predicted octanol–water partition coefficient (Wildman–Crippen LogP) is 9.31. The summed E-state index contributed by atoms with van der Waals surface area (Å²) in [7, 11) is 0. The molecule has 5 aromatic rings. The highest BCUT2D eigenvalue weighted by atomic mass is 16.7. The van der Waals surface area contributed by atoms with Crippen molar-refractivity contribution in [3.63, 3.8) is 0 Å². The van der Waals surface area contributed by atoms with Gasteiger partial charge in [0.05, 0.1) is 18.8 Å². The molecule has 2 heterocycles. The van der Waals surface area contributed by atoms with Crippen LogP contribution in [0, 0.1) is 0 Å². The van der Waals surface area contributed by atoms with Crippen molar-refractivity contribution in [2.75, 3.05) is 18.4 Å². The molecule has 2 saturated heterocycles. The number of esters is 1. The first-order valence-electron chi connectivity index (χ1n) is 19.6. The number of hydrogen-bond donors (Lipinski definition) is 3. The van der Waals surface area contributed by atoms with Gasteiger partial charge in [0.25, 0.3) is 0 Å². The first-order chi connectivity index (χ1) is 27.6. The first-order valence-corrected chi connectivity index (χ1v) is 19.6. The Balaban J connectivity index is 1.01. The van der Waals surface area contributed by atoms with Crippen LogP contribution >= 0.6 is 0 Å². The normalized spacial score (nSPS) is 19.8. The quantitative estimate of drug-likeness (QED) is 0.108. The Bertz CT molecular complexity index is 2080. The fourth-order valence-electron chi connectivity index (χ4n) is 7.33. The van der Waals surface area contributed by atoms with Crippen LogP contribution in [0.5, 0.6) is 11.5 Å². The Kier molecular flexibility index (Phi) is 12.7. The van der Waals surface area contributed by atoms with Crippen molar-refractivity contribution < 1.29 is 33.6 Å². The lowest BCUT2D eigenvalue weighted by atomic mass is 9.97. The number of aliphatic hydroxyl groups is 1. The molecule has 3 N–H and O–H groups in total. The number of likely N-dealkylation sites (tertiary alicyclic amines) is 1. The van der Waals surface area contributed by atoms with Crippen LogP contribution in [0.3, 0.4) is 0 Å². The van der Waals surface area contributed by atoms with Gasteiger partial charge in [0.2, 0.25) is 0 Å². The molecule has 2 aliphatic heterocycles. The molecule has 0 unspecified atom stereocenters. The fourth-order valence-corrected chi connectivity index (χ4v) is 7.33. The van der Waals surface area contributed by atoms with Crippen LogP contribution in [0.25, 0.3) is 11.1 Å². The second kappa shape index (κ2) is 18.2. The van der Waals surface area contributed by atoms with Crippen LogP contribution in [0.4, 0.5) is 10.5 Å². The van der Waals surface area contributed by atoms with Crippen molar-refractivity contribution >= 4 is 17.7 Å². The van der Waals surface area contributed by atoms with Gasteiger partial charge in [-0.3, -0.25) is 9.69 Å². The van der Waals surface area contributed by atoms with Gasteiger partial charge in [0.1, 0.15) is 23.1 Å². The Morgan fingerprint density at radius 1 is 0.807 bits per heavy atom. The lowest BCUT2D eigenvalue weighted by Gasteiger charge is -2.38. The van der Waals surface area contributed by atoms with E-state index in [0.29, 0.717) is 30.9 Å². The molecule has 57 heavy (non-hydrogen) atoms. The molecule has 10 nitrogen and oxygen atoms in total. The Labute approximate surface area is 334 Å². The average molecular weight is 770 g/mol. The number of carbonyl (C=O) groups excluding carboxylic acids is 2. The number of urea groups is 1. The number of para-hydroxylation sites is 1. The second-order valence-electron chi connectivity index (χ2n) is 15.6. The smallest absolute Gasteiger partial charge is 0.323 e. The van der Waals surface area contributed by atoms with E-state index in [1.54, 1.807) is 12.1 Å². The van der Waals surface area contributed by atoms with E-state index in [4.69, 9.17) is 18.9 Å². The zero-order valence-electron chi connectivity index (χ0n) is 32.7. The van der Waals surface area contributed by atoms with Crippen molar-refractivity contribution in [1.29, 1.82) is 0 Å². The number of hydrogen-bond acceptors (Lipinski definition) is 8. The highest BCUT2D eigenvalue weighted by Gasteiger charge is 2.39. The molecule has 2 fully saturated rings. The summed E-state index contributed by atoms with van der Waals surface area (Å²) >= 11 is 0. The number of nitrogens with zero attached hydrogens (tertiary/aromatic N) is 1. The first kappa shape index (κ1) is 39.7. The van der Waals surface area contributed by atoms with Crippen LogP contribution in [-0.4, -0.2) is 52.8 Å². The van der Waals surface area contributed by atoms with Gasteiger partial charge < -0.3 is 34.7 Å². The molecule has 0 bridgehead atoms. The van der Waals surface area contributed by atoms with Gasteiger partial charge in [-0.05, 0) is 104 Å². The summed E-state index contributed by atoms with van der Waals surface area (Å²) < 4.78 is 24.9. The summed E-state index contributed by atoms with van der Waals surface area (Å²) in [6.07, 6.45) is 1.21. The molecule has 0 aliphatic carbocycles. The number of rotatable bonds is 12. The Morgan fingerprint density at radius 3 is 2.21 bits per heavy atom. The van der Waals surface area contributed by atoms with Crippen molar-refractivity contribution in [3.05, 3.63) is 150 Å². The van der Waals surface area contributed by atoms with E-state index in [2.05, 4.69) is 15.5 Å². The summed E-state index contributed by atoms with van der Waals surface area (Å²) in [6.45, 7) is 7.37. The summed E-state index contributed by atoms with van der Waals surface area (Å²) in [5.74, 6) is 1.23. The lowest BCUT2D eigenvalue weighted by Crippen LogP contribution is -2.45. The highest BCUT2D eigenvalue weighted by molar-refractivity contribution is 5.89. The van der Waals surface area contributed by atoms with Crippen molar-refractivity contribution in [3.8, 4) is 22.6 Å². The number of nitrogens with one attached hydrogen (secondary N) is 2. The van der Waals surface area contributed by atoms with E-state index < -0.39 is 11.9 Å². The SMILES string of the molecule is CC(C)(C)OC(=O)[C@@H]1CCCN1C[C@H]1C[C@@H](c2ccc(CO)cc2)O[C@@H](c2ccc(-c3ccccc3CNC(=O)Nc3ccc(Oc4ccccc4)cc3)cc2)O1. The zero-order valence-corrected chi connectivity index (χ0v) is 32.7. The van der Waals surface area contributed by atoms with Crippen LogP contribution in [0.2, 0.25) is 0 Å². The summed E-state index contributed by atoms with van der Waals surface area (Å²) in [4.78, 5) is 28.3. The lowest BCUT2D eigenvalue weighted by molar-refractivity contribution is -0.253. The molecule has 2 amide bonds. The summed E-state index contributed by atoms with van der Waals surface area (Å²) in [5.41, 5.74) is 5.77. The van der Waals surface area contributed by atoms with E-state index in [1.165, 1.54) is 0 Å². The molecule has 2 aliphatic rings. The molecule has 0 spiro atoms. The minimum Gasteiger partial charge on any atom is -0.459 e. The van der Waals surface area contributed by atoms with E-state index in [1.807, 2.05) is 136 Å². The van der Waals surface area contributed by atoms with E-state index in [0.717, 1.165) is 58.5 Å². The van der Waals surface area contributed by atoms with E-state index in [-0.39, 0.29) is 36.9 Å². The minimum atomic E-state index is -0.637. The summed E-state index contributed by atoms with van der Waals surface area (Å²) in [6, 6.07) is 40.1. The van der Waals surface area contributed by atoms with Crippen LogP contribution in [-0.2, 0) is 32.2 Å². The minimum absolute atomic E-state index is 0.0274. The monoisotopic (exact) mass is 769 g/mol. The van der Waals surface area contributed by atoms with Crippen molar-refractivity contribution in [2.45, 2.75) is 83.3 Å². The van der Waals surface area contributed by atoms with Crippen LogP contribution in [0.1, 0.15) is 74.7 Å². The number of ether oxygens (including phenoxy) is 4. The molecule has 0 aromatic heterocycles. The number of aliphatic hydroxyl groups excluding tert-OH is 1. The number of anilines is 1. The maximum atomic E-state index is 13.1. The molecule has 0 radical (unpaired) electrons. The largest absolute Gasteiger partial charge is 0.459 e. The number of benzene rings is 5. The number of carbonyl (C=O) groups is 2.